The molecule has 3 rings (SSSR count). The average Bonchev–Trinajstić information content (AvgIpc) is 3.25. The van der Waals surface area contributed by atoms with Gasteiger partial charge < -0.3 is 24.4 Å². The first-order chi connectivity index (χ1) is 14.2. The Morgan fingerprint density at radius 1 is 1.07 bits per heavy atom. The standard InChI is InChI=1S/C23H37N3O3.HI/c1-4-24-23(26-14-12-19(13-15-26)28-5-2)25-17-18-10-11-21(27-3)22(16-18)29-20-8-6-7-9-20;/h10-11,16,19-20H,4-9,12-15,17H2,1-3H3,(H,24,25);1H. The summed E-state index contributed by atoms with van der Waals surface area (Å²) in [5.41, 5.74) is 1.14. The molecule has 1 heterocycles. The van der Waals surface area contributed by atoms with Gasteiger partial charge >= 0.3 is 0 Å². The van der Waals surface area contributed by atoms with Crippen molar-refractivity contribution in [3.05, 3.63) is 23.8 Å². The Labute approximate surface area is 198 Å². The molecule has 1 saturated carbocycles. The maximum Gasteiger partial charge on any atom is 0.194 e. The van der Waals surface area contributed by atoms with Crippen LogP contribution in [0.1, 0.15) is 57.9 Å². The molecule has 1 aromatic carbocycles. The largest absolute Gasteiger partial charge is 0.493 e. The zero-order valence-corrected chi connectivity index (χ0v) is 21.0. The summed E-state index contributed by atoms with van der Waals surface area (Å²) in [5.74, 6) is 2.63. The molecule has 0 atom stereocenters. The van der Waals surface area contributed by atoms with Crippen LogP contribution in [-0.4, -0.2) is 56.4 Å². The highest BCUT2D eigenvalue weighted by Gasteiger charge is 2.22. The lowest BCUT2D eigenvalue weighted by molar-refractivity contribution is 0.0263. The number of nitrogens with one attached hydrogen (secondary N) is 1. The van der Waals surface area contributed by atoms with Gasteiger partial charge in [0, 0.05) is 26.2 Å². The number of likely N-dealkylation sites (tertiary alicyclic amines) is 1. The minimum Gasteiger partial charge on any atom is -0.493 e. The third-order valence-corrected chi connectivity index (χ3v) is 5.71. The Morgan fingerprint density at radius 2 is 1.80 bits per heavy atom. The maximum absolute atomic E-state index is 6.23. The van der Waals surface area contributed by atoms with Crippen molar-refractivity contribution in [1.29, 1.82) is 0 Å². The van der Waals surface area contributed by atoms with Gasteiger partial charge in [-0.1, -0.05) is 6.07 Å². The number of methoxy groups -OCH3 is 1. The first-order valence-electron chi connectivity index (χ1n) is 11.2. The molecule has 0 radical (unpaired) electrons. The van der Waals surface area contributed by atoms with Gasteiger partial charge in [0.25, 0.3) is 0 Å². The van der Waals surface area contributed by atoms with Crippen molar-refractivity contribution in [2.75, 3.05) is 33.4 Å². The van der Waals surface area contributed by atoms with Crippen molar-refractivity contribution in [3.8, 4) is 11.5 Å². The summed E-state index contributed by atoms with van der Waals surface area (Å²) < 4.78 is 17.5. The predicted octanol–water partition coefficient (Wildman–Crippen LogP) is 4.60. The van der Waals surface area contributed by atoms with Crippen molar-refractivity contribution in [3.63, 3.8) is 0 Å². The number of hydrogen-bond acceptors (Lipinski definition) is 4. The Bertz CT molecular complexity index is 657. The van der Waals surface area contributed by atoms with Crippen molar-refractivity contribution in [2.45, 2.75) is 71.1 Å². The Balaban J connectivity index is 0.00000320. The van der Waals surface area contributed by atoms with Crippen molar-refractivity contribution in [1.82, 2.24) is 10.2 Å². The van der Waals surface area contributed by atoms with Crippen LogP contribution in [-0.2, 0) is 11.3 Å². The van der Waals surface area contributed by atoms with Crippen LogP contribution in [0.3, 0.4) is 0 Å². The SMILES string of the molecule is CCNC(=NCc1ccc(OC)c(OC2CCCC2)c1)N1CCC(OCC)CC1.I. The van der Waals surface area contributed by atoms with Gasteiger partial charge in [0.05, 0.1) is 25.9 Å². The molecule has 170 valence electrons. The second-order valence-corrected chi connectivity index (χ2v) is 7.82. The van der Waals surface area contributed by atoms with E-state index >= 15 is 0 Å². The summed E-state index contributed by atoms with van der Waals surface area (Å²) in [6.07, 6.45) is 7.58. The Morgan fingerprint density at radius 3 is 2.43 bits per heavy atom. The third-order valence-electron chi connectivity index (χ3n) is 5.71. The first-order valence-corrected chi connectivity index (χ1v) is 11.2. The molecule has 0 unspecified atom stereocenters. The van der Waals surface area contributed by atoms with Crippen molar-refractivity contribution >= 4 is 29.9 Å². The molecular weight excluding hydrogens is 493 g/mol. The number of ether oxygens (including phenoxy) is 3. The smallest absolute Gasteiger partial charge is 0.194 e. The normalized spacial score (nSPS) is 18.2. The van der Waals surface area contributed by atoms with E-state index in [2.05, 4.69) is 36.2 Å². The Hall–Kier alpha value is -1.22. The number of benzene rings is 1. The number of piperidine rings is 1. The van der Waals surface area contributed by atoms with Gasteiger partial charge in [-0.3, -0.25) is 0 Å². The Kier molecular flexibility index (Phi) is 11.1. The molecule has 2 aliphatic rings. The van der Waals surface area contributed by atoms with E-state index in [1.807, 2.05) is 6.07 Å². The van der Waals surface area contributed by atoms with Crippen LogP contribution in [0.2, 0.25) is 0 Å². The predicted molar refractivity (Wildman–Crippen MR) is 132 cm³/mol. The van der Waals surface area contributed by atoms with Gasteiger partial charge in [-0.05, 0) is 70.1 Å². The molecule has 1 aliphatic carbocycles. The summed E-state index contributed by atoms with van der Waals surface area (Å²) in [5, 5.41) is 3.44. The number of halogens is 1. The van der Waals surface area contributed by atoms with Gasteiger partial charge in [0.15, 0.2) is 17.5 Å². The zero-order valence-electron chi connectivity index (χ0n) is 18.7. The fraction of sp³-hybridized carbons (Fsp3) is 0.696. The van der Waals surface area contributed by atoms with Crippen LogP contribution in [0.25, 0.3) is 0 Å². The molecule has 1 aliphatic heterocycles. The van der Waals surface area contributed by atoms with E-state index in [9.17, 15) is 0 Å². The fourth-order valence-electron chi connectivity index (χ4n) is 4.16. The summed E-state index contributed by atoms with van der Waals surface area (Å²) in [6.45, 7) is 8.42. The average molecular weight is 531 g/mol. The lowest BCUT2D eigenvalue weighted by Gasteiger charge is -2.34. The first kappa shape index (κ1) is 25.0. The van der Waals surface area contributed by atoms with E-state index in [4.69, 9.17) is 19.2 Å². The van der Waals surface area contributed by atoms with E-state index in [-0.39, 0.29) is 24.0 Å². The molecule has 7 heteroatoms. The summed E-state index contributed by atoms with van der Waals surface area (Å²) in [6, 6.07) is 6.16. The number of hydrogen-bond donors (Lipinski definition) is 1. The highest BCUT2D eigenvalue weighted by molar-refractivity contribution is 14.0. The summed E-state index contributed by atoms with van der Waals surface area (Å²) in [4.78, 5) is 7.25. The van der Waals surface area contributed by atoms with E-state index in [1.54, 1.807) is 7.11 Å². The minimum atomic E-state index is 0. The lowest BCUT2D eigenvalue weighted by Crippen LogP contribution is -2.47. The number of rotatable bonds is 8. The van der Waals surface area contributed by atoms with Gasteiger partial charge in [-0.2, -0.15) is 0 Å². The zero-order chi connectivity index (χ0) is 20.5. The van der Waals surface area contributed by atoms with Crippen LogP contribution >= 0.6 is 24.0 Å². The molecule has 1 aromatic rings. The van der Waals surface area contributed by atoms with Crippen LogP contribution in [0.15, 0.2) is 23.2 Å². The number of aliphatic imine (C=N–C) groups is 1. The molecule has 2 fully saturated rings. The molecular formula is C23H38IN3O3. The molecule has 1 saturated heterocycles. The highest BCUT2D eigenvalue weighted by atomic mass is 127. The molecule has 6 nitrogen and oxygen atoms in total. The molecule has 0 aromatic heterocycles. The van der Waals surface area contributed by atoms with E-state index in [0.29, 0.717) is 18.8 Å². The second kappa shape index (κ2) is 13.2. The summed E-state index contributed by atoms with van der Waals surface area (Å²) >= 11 is 0. The van der Waals surface area contributed by atoms with Crippen molar-refractivity contribution in [2.24, 2.45) is 4.99 Å². The lowest BCUT2D eigenvalue weighted by atomic mass is 10.1. The van der Waals surface area contributed by atoms with E-state index in [0.717, 1.165) is 74.9 Å². The minimum absolute atomic E-state index is 0. The second-order valence-electron chi connectivity index (χ2n) is 7.82. The summed E-state index contributed by atoms with van der Waals surface area (Å²) in [7, 11) is 1.70. The van der Waals surface area contributed by atoms with Crippen LogP contribution in [0.5, 0.6) is 11.5 Å². The van der Waals surface area contributed by atoms with Gasteiger partial charge in [0.2, 0.25) is 0 Å². The topological polar surface area (TPSA) is 55.3 Å². The monoisotopic (exact) mass is 531 g/mol. The molecule has 0 bridgehead atoms. The van der Waals surface area contributed by atoms with Gasteiger partial charge in [0.1, 0.15) is 0 Å². The molecule has 30 heavy (non-hydrogen) atoms. The quantitative estimate of drug-likeness (QED) is 0.302. The third kappa shape index (κ3) is 7.18. The van der Waals surface area contributed by atoms with Gasteiger partial charge in [-0.25, -0.2) is 4.99 Å². The molecule has 0 spiro atoms. The number of guanidine groups is 1. The van der Waals surface area contributed by atoms with Crippen LogP contribution in [0.4, 0.5) is 0 Å². The van der Waals surface area contributed by atoms with Gasteiger partial charge in [-0.15, -0.1) is 24.0 Å². The van der Waals surface area contributed by atoms with E-state index < -0.39 is 0 Å². The highest BCUT2D eigenvalue weighted by Crippen LogP contribution is 2.32. The fourth-order valence-corrected chi connectivity index (χ4v) is 4.16. The molecule has 0 amide bonds. The van der Waals surface area contributed by atoms with E-state index in [1.165, 1.54) is 12.8 Å². The maximum atomic E-state index is 6.23. The molecule has 1 N–H and O–H groups in total. The van der Waals surface area contributed by atoms with Crippen molar-refractivity contribution < 1.29 is 14.2 Å². The van der Waals surface area contributed by atoms with Crippen LogP contribution in [0, 0.1) is 0 Å². The number of nitrogens with zero attached hydrogens (tertiary/aromatic N) is 2. The van der Waals surface area contributed by atoms with Crippen LogP contribution < -0.4 is 14.8 Å².